The van der Waals surface area contributed by atoms with Crippen molar-refractivity contribution in [2.45, 2.75) is 122 Å². The fraction of sp³-hybridized carbons (Fsp3) is 0.920. The van der Waals surface area contributed by atoms with E-state index in [1.165, 1.54) is 83.5 Å². The summed E-state index contributed by atoms with van der Waals surface area (Å²) in [6.07, 6.45) is 20.2. The maximum Gasteiger partial charge on any atom is 0.500 e. The van der Waals surface area contributed by atoms with E-state index < -0.39 is 8.80 Å². The van der Waals surface area contributed by atoms with Gasteiger partial charge in [0.05, 0.1) is 12.7 Å². The van der Waals surface area contributed by atoms with E-state index in [4.69, 9.17) is 18.0 Å². The monoisotopic (exact) mass is 444 g/mol. The van der Waals surface area contributed by atoms with Crippen molar-refractivity contribution in [3.05, 3.63) is 12.2 Å². The normalized spacial score (nSPS) is 13.0. The molecule has 0 N–H and O–H groups in total. The average Bonchev–Trinajstić information content (AvgIpc) is 2.75. The molecule has 0 amide bonds. The second-order valence-corrected chi connectivity index (χ2v) is 11.8. The van der Waals surface area contributed by atoms with Crippen LogP contribution in [0.5, 0.6) is 0 Å². The Balaban J connectivity index is 3.88. The number of hydrogen-bond donors (Lipinski definition) is 0. The molecular weight excluding hydrogens is 392 g/mol. The second-order valence-electron chi connectivity index (χ2n) is 8.76. The third kappa shape index (κ3) is 16.5. The fourth-order valence-electron chi connectivity index (χ4n) is 3.85. The number of hydrogen-bond acceptors (Lipinski definition) is 4. The fourth-order valence-corrected chi connectivity index (χ4v) is 5.64. The molecule has 0 spiro atoms. The maximum atomic E-state index is 6.10. The van der Waals surface area contributed by atoms with Crippen LogP contribution in [0.4, 0.5) is 0 Å². The van der Waals surface area contributed by atoms with Gasteiger partial charge >= 0.3 is 8.80 Å². The van der Waals surface area contributed by atoms with E-state index in [9.17, 15) is 0 Å². The van der Waals surface area contributed by atoms with Crippen LogP contribution in [0.25, 0.3) is 0 Å². The van der Waals surface area contributed by atoms with Crippen molar-refractivity contribution in [3.8, 4) is 0 Å². The molecule has 4 nitrogen and oxygen atoms in total. The first-order valence-electron chi connectivity index (χ1n) is 12.4. The van der Waals surface area contributed by atoms with Gasteiger partial charge in [-0.05, 0) is 19.8 Å². The number of ether oxygens (including phenoxy) is 1. The van der Waals surface area contributed by atoms with E-state index in [-0.39, 0.29) is 6.10 Å². The lowest BCUT2D eigenvalue weighted by molar-refractivity contribution is 0.0511. The Labute approximate surface area is 189 Å². The summed E-state index contributed by atoms with van der Waals surface area (Å²) in [5.41, 5.74) is 1.07. The van der Waals surface area contributed by atoms with Gasteiger partial charge in [0.2, 0.25) is 0 Å². The molecule has 180 valence electrons. The van der Waals surface area contributed by atoms with Crippen LogP contribution in [-0.2, 0) is 18.0 Å². The van der Waals surface area contributed by atoms with E-state index in [0.717, 1.165) is 24.5 Å². The van der Waals surface area contributed by atoms with Gasteiger partial charge in [0.25, 0.3) is 0 Å². The Morgan fingerprint density at radius 1 is 0.700 bits per heavy atom. The van der Waals surface area contributed by atoms with Crippen LogP contribution in [-0.4, -0.2) is 42.8 Å². The van der Waals surface area contributed by atoms with Crippen LogP contribution >= 0.6 is 0 Å². The molecule has 0 aromatic heterocycles. The summed E-state index contributed by atoms with van der Waals surface area (Å²) < 4.78 is 22.8. The number of rotatable bonds is 23. The SMILES string of the molecule is C=C(C)COC(CCCCCCCCCCCCCCC)CC[Si](OC)(OC)OC. The zero-order chi connectivity index (χ0) is 22.5. The van der Waals surface area contributed by atoms with Crippen LogP contribution < -0.4 is 0 Å². The molecule has 0 radical (unpaired) electrons. The van der Waals surface area contributed by atoms with Crippen molar-refractivity contribution in [1.29, 1.82) is 0 Å². The highest BCUT2D eigenvalue weighted by atomic mass is 28.4. The Morgan fingerprint density at radius 2 is 1.13 bits per heavy atom. The largest absolute Gasteiger partial charge is 0.500 e. The molecule has 5 heteroatoms. The Bertz CT molecular complexity index is 377. The minimum Gasteiger partial charge on any atom is -0.377 e. The number of unbranched alkanes of at least 4 members (excludes halogenated alkanes) is 12. The highest BCUT2D eigenvalue weighted by molar-refractivity contribution is 6.60. The minimum absolute atomic E-state index is 0.224. The molecule has 0 aliphatic rings. The van der Waals surface area contributed by atoms with Crippen LogP contribution in [0.3, 0.4) is 0 Å². The molecule has 0 heterocycles. The van der Waals surface area contributed by atoms with Gasteiger partial charge in [-0.3, -0.25) is 0 Å². The molecule has 30 heavy (non-hydrogen) atoms. The van der Waals surface area contributed by atoms with Gasteiger partial charge < -0.3 is 18.0 Å². The van der Waals surface area contributed by atoms with Gasteiger partial charge in [0.1, 0.15) is 0 Å². The van der Waals surface area contributed by atoms with Crippen LogP contribution in [0, 0.1) is 0 Å². The zero-order valence-electron chi connectivity index (χ0n) is 20.9. The first-order valence-corrected chi connectivity index (χ1v) is 14.4. The third-order valence-corrected chi connectivity index (χ3v) is 8.67. The molecule has 0 bridgehead atoms. The molecule has 0 fully saturated rings. The van der Waals surface area contributed by atoms with Gasteiger partial charge in [-0.1, -0.05) is 103 Å². The van der Waals surface area contributed by atoms with Gasteiger partial charge in [-0.25, -0.2) is 0 Å². The van der Waals surface area contributed by atoms with E-state index in [1.54, 1.807) is 21.3 Å². The predicted molar refractivity (Wildman–Crippen MR) is 131 cm³/mol. The summed E-state index contributed by atoms with van der Waals surface area (Å²) in [5.74, 6) is 0. The summed E-state index contributed by atoms with van der Waals surface area (Å²) >= 11 is 0. The van der Waals surface area contributed by atoms with E-state index in [1.807, 2.05) is 6.92 Å². The average molecular weight is 445 g/mol. The van der Waals surface area contributed by atoms with E-state index in [2.05, 4.69) is 13.5 Å². The molecule has 1 atom stereocenters. The van der Waals surface area contributed by atoms with E-state index in [0.29, 0.717) is 6.61 Å². The van der Waals surface area contributed by atoms with Crippen LogP contribution in [0.1, 0.15) is 110 Å². The Hall–Kier alpha value is -0.203. The molecule has 0 aliphatic carbocycles. The van der Waals surface area contributed by atoms with Gasteiger partial charge in [-0.15, -0.1) is 0 Å². The molecule has 0 saturated heterocycles. The summed E-state index contributed by atoms with van der Waals surface area (Å²) in [4.78, 5) is 0. The molecule has 0 saturated carbocycles. The molecule has 1 unspecified atom stereocenters. The first kappa shape index (κ1) is 29.8. The highest BCUT2D eigenvalue weighted by Gasteiger charge is 2.38. The maximum absolute atomic E-state index is 6.10. The van der Waals surface area contributed by atoms with Crippen molar-refractivity contribution in [1.82, 2.24) is 0 Å². The highest BCUT2D eigenvalue weighted by Crippen LogP contribution is 2.21. The second kappa shape index (κ2) is 20.7. The standard InChI is InChI=1S/C25H52O4Si/c1-7-8-9-10-11-12-13-14-15-16-17-18-19-20-25(29-23-24(2)3)21-22-30(26-4,27-5)28-6/h25H,2,7-23H2,1,3-6H3. The topological polar surface area (TPSA) is 36.9 Å². The minimum atomic E-state index is -2.52. The van der Waals surface area contributed by atoms with Crippen LogP contribution in [0.15, 0.2) is 12.2 Å². The van der Waals surface area contributed by atoms with Crippen molar-refractivity contribution in [2.75, 3.05) is 27.9 Å². The van der Waals surface area contributed by atoms with Gasteiger partial charge in [0, 0.05) is 27.4 Å². The van der Waals surface area contributed by atoms with Crippen molar-refractivity contribution in [3.63, 3.8) is 0 Å². The van der Waals surface area contributed by atoms with Crippen molar-refractivity contribution in [2.24, 2.45) is 0 Å². The first-order chi connectivity index (χ1) is 14.5. The molecule has 0 aromatic carbocycles. The van der Waals surface area contributed by atoms with Crippen LogP contribution in [0.2, 0.25) is 6.04 Å². The third-order valence-electron chi connectivity index (χ3n) is 5.90. The van der Waals surface area contributed by atoms with Gasteiger partial charge in [0.15, 0.2) is 0 Å². The predicted octanol–water partition coefficient (Wildman–Crippen LogP) is 7.70. The molecule has 0 aromatic rings. The smallest absolute Gasteiger partial charge is 0.377 e. The van der Waals surface area contributed by atoms with Crippen molar-refractivity contribution >= 4 is 8.80 Å². The Kier molecular flexibility index (Phi) is 20.5. The molecular formula is C25H52O4Si. The summed E-state index contributed by atoms with van der Waals surface area (Å²) in [7, 11) is 2.50. The quantitative estimate of drug-likeness (QED) is 0.0919. The van der Waals surface area contributed by atoms with E-state index >= 15 is 0 Å². The van der Waals surface area contributed by atoms with Crippen molar-refractivity contribution < 1.29 is 18.0 Å². The van der Waals surface area contributed by atoms with Gasteiger partial charge in [-0.2, -0.15) is 0 Å². The lowest BCUT2D eigenvalue weighted by Gasteiger charge is -2.26. The summed E-state index contributed by atoms with van der Waals surface area (Å²) in [6.45, 7) is 8.89. The summed E-state index contributed by atoms with van der Waals surface area (Å²) in [6, 6.07) is 0.788. The zero-order valence-corrected chi connectivity index (χ0v) is 21.9. The summed E-state index contributed by atoms with van der Waals surface area (Å²) in [5, 5.41) is 0. The Morgan fingerprint density at radius 3 is 1.53 bits per heavy atom. The molecule has 0 aliphatic heterocycles. The molecule has 0 rings (SSSR count). The lowest BCUT2D eigenvalue weighted by atomic mass is 10.0. The lowest BCUT2D eigenvalue weighted by Crippen LogP contribution is -2.43.